The van der Waals surface area contributed by atoms with E-state index in [9.17, 15) is 13.2 Å². The minimum atomic E-state index is -3.07. The lowest BCUT2D eigenvalue weighted by Crippen LogP contribution is -2.62. The van der Waals surface area contributed by atoms with Gasteiger partial charge in [0, 0.05) is 54.6 Å². The van der Waals surface area contributed by atoms with Gasteiger partial charge in [0.25, 0.3) is 5.91 Å². The normalized spacial score (nSPS) is 23.2. The number of amides is 1. The van der Waals surface area contributed by atoms with E-state index in [0.717, 1.165) is 11.1 Å². The van der Waals surface area contributed by atoms with Crippen molar-refractivity contribution in [1.29, 1.82) is 0 Å². The largest absolute Gasteiger partial charge is 0.493 e. The summed E-state index contributed by atoms with van der Waals surface area (Å²) < 4.78 is 29.5. The first-order chi connectivity index (χ1) is 20.1. The molecule has 11 heteroatoms. The number of para-hydroxylation sites is 1. The molecule has 3 aromatic rings. The molecular weight excluding hydrogens is 595 g/mol. The zero-order valence-corrected chi connectivity index (χ0v) is 26.1. The molecule has 1 unspecified atom stereocenters. The predicted octanol–water partition coefficient (Wildman–Crippen LogP) is 4.41. The molecule has 2 aliphatic rings. The van der Waals surface area contributed by atoms with Gasteiger partial charge >= 0.3 is 0 Å². The Morgan fingerprint density at radius 2 is 1.40 bits per heavy atom. The number of carbonyl (C=O) groups excluding carboxylic acids is 1. The minimum absolute atomic E-state index is 0.0985. The number of nitrogens with zero attached hydrogens (tertiary/aromatic N) is 2. The highest BCUT2D eigenvalue weighted by Gasteiger charge is 2.54. The van der Waals surface area contributed by atoms with E-state index < -0.39 is 15.5 Å². The first-order valence-corrected chi connectivity index (χ1v) is 16.9. The molecule has 3 aromatic carbocycles. The SMILES string of the molecule is CCOc1ccccc1C1(C(=O)N2CCN(CCS(C)(=O)=O)CC2)N[C@H](c2ccc(Cl)cc2)[C@H](c2ccc(Cl)cc2)N1. The van der Waals surface area contributed by atoms with Crippen LogP contribution >= 0.6 is 23.2 Å². The minimum Gasteiger partial charge on any atom is -0.493 e. The van der Waals surface area contributed by atoms with Crippen LogP contribution < -0.4 is 15.4 Å². The zero-order chi connectivity index (χ0) is 29.9. The molecule has 2 aliphatic heterocycles. The van der Waals surface area contributed by atoms with Crippen molar-refractivity contribution in [2.75, 3.05) is 51.3 Å². The summed E-state index contributed by atoms with van der Waals surface area (Å²) in [5.41, 5.74) is 1.34. The highest BCUT2D eigenvalue weighted by molar-refractivity contribution is 7.90. The summed E-state index contributed by atoms with van der Waals surface area (Å²) in [7, 11) is -3.07. The average Bonchev–Trinajstić information content (AvgIpc) is 3.38. The van der Waals surface area contributed by atoms with Crippen molar-refractivity contribution in [2.45, 2.75) is 24.7 Å². The van der Waals surface area contributed by atoms with Crippen LogP contribution in [0.25, 0.3) is 0 Å². The fourth-order valence-corrected chi connectivity index (χ4v) is 6.57. The van der Waals surface area contributed by atoms with Gasteiger partial charge in [-0.1, -0.05) is 65.7 Å². The first kappa shape index (κ1) is 30.8. The fourth-order valence-electron chi connectivity index (χ4n) is 5.73. The number of rotatable bonds is 9. The second kappa shape index (κ2) is 12.9. The molecule has 8 nitrogen and oxygen atoms in total. The molecule has 2 N–H and O–H groups in total. The van der Waals surface area contributed by atoms with Crippen LogP contribution in [0.2, 0.25) is 10.0 Å². The Morgan fingerprint density at radius 3 is 1.90 bits per heavy atom. The number of hydrogen-bond donors (Lipinski definition) is 2. The summed E-state index contributed by atoms with van der Waals surface area (Å²) in [6, 6.07) is 22.3. The van der Waals surface area contributed by atoms with E-state index in [1.165, 1.54) is 6.26 Å². The van der Waals surface area contributed by atoms with Crippen molar-refractivity contribution in [3.8, 4) is 5.75 Å². The molecule has 42 heavy (non-hydrogen) atoms. The van der Waals surface area contributed by atoms with Crippen molar-refractivity contribution < 1.29 is 17.9 Å². The maximum Gasteiger partial charge on any atom is 0.262 e. The quantitative estimate of drug-likeness (QED) is 0.362. The van der Waals surface area contributed by atoms with Crippen molar-refractivity contribution in [3.05, 3.63) is 99.5 Å². The molecule has 3 atom stereocenters. The number of nitrogens with one attached hydrogen (secondary N) is 2. The van der Waals surface area contributed by atoms with Gasteiger partial charge in [0.1, 0.15) is 15.6 Å². The lowest BCUT2D eigenvalue weighted by atomic mass is 9.95. The van der Waals surface area contributed by atoms with Gasteiger partial charge in [-0.05, 0) is 48.4 Å². The lowest BCUT2D eigenvalue weighted by molar-refractivity contribution is -0.141. The lowest BCUT2D eigenvalue weighted by Gasteiger charge is -2.40. The molecule has 2 heterocycles. The van der Waals surface area contributed by atoms with Gasteiger partial charge in [0.05, 0.1) is 24.4 Å². The second-order valence-electron chi connectivity index (χ2n) is 10.8. The van der Waals surface area contributed by atoms with E-state index >= 15 is 0 Å². The Labute approximate surface area is 257 Å². The van der Waals surface area contributed by atoms with Crippen LogP contribution in [0.4, 0.5) is 0 Å². The average molecular weight is 632 g/mol. The smallest absolute Gasteiger partial charge is 0.262 e. The molecule has 0 aliphatic carbocycles. The summed E-state index contributed by atoms with van der Waals surface area (Å²) >= 11 is 12.5. The standard InChI is InChI=1S/C31H36Cl2N4O4S/c1-3-41-27-7-5-4-6-26(27)31(30(38)37-18-16-36(17-19-37)20-21-42(2,39)40)34-28(22-8-12-24(32)13-9-22)29(35-31)23-10-14-25(33)15-11-23/h4-15,28-29,34-35H,3,16-21H2,1-2H3/t28-,29+,31?. The van der Waals surface area contributed by atoms with Gasteiger partial charge in [0.2, 0.25) is 0 Å². The fraction of sp³-hybridized carbons (Fsp3) is 0.387. The van der Waals surface area contributed by atoms with Crippen LogP contribution in [0.5, 0.6) is 5.75 Å². The number of piperazine rings is 1. The van der Waals surface area contributed by atoms with Crippen molar-refractivity contribution >= 4 is 38.9 Å². The van der Waals surface area contributed by atoms with Crippen LogP contribution in [0.1, 0.15) is 35.7 Å². The molecule has 224 valence electrons. The van der Waals surface area contributed by atoms with Gasteiger partial charge < -0.3 is 9.64 Å². The Hall–Kier alpha value is -2.66. The molecule has 2 saturated heterocycles. The van der Waals surface area contributed by atoms with Crippen molar-refractivity contribution in [3.63, 3.8) is 0 Å². The van der Waals surface area contributed by atoms with E-state index in [0.29, 0.717) is 60.7 Å². The number of hydrogen-bond acceptors (Lipinski definition) is 7. The maximum absolute atomic E-state index is 14.8. The van der Waals surface area contributed by atoms with Crippen molar-refractivity contribution in [1.82, 2.24) is 20.4 Å². The van der Waals surface area contributed by atoms with E-state index in [2.05, 4.69) is 15.5 Å². The van der Waals surface area contributed by atoms with E-state index in [1.54, 1.807) is 0 Å². The molecule has 0 radical (unpaired) electrons. The Bertz CT molecular complexity index is 1440. The van der Waals surface area contributed by atoms with Gasteiger partial charge in [-0.3, -0.25) is 20.3 Å². The van der Waals surface area contributed by atoms with Crippen LogP contribution in [0, 0.1) is 0 Å². The number of benzene rings is 3. The molecule has 2 fully saturated rings. The van der Waals surface area contributed by atoms with Crippen molar-refractivity contribution in [2.24, 2.45) is 0 Å². The van der Waals surface area contributed by atoms with E-state index in [4.69, 9.17) is 27.9 Å². The van der Waals surface area contributed by atoms with Gasteiger partial charge in [-0.15, -0.1) is 0 Å². The zero-order valence-electron chi connectivity index (χ0n) is 23.7. The third kappa shape index (κ3) is 6.77. The molecule has 5 rings (SSSR count). The van der Waals surface area contributed by atoms with E-state index in [1.807, 2.05) is 84.6 Å². The third-order valence-electron chi connectivity index (χ3n) is 7.89. The molecule has 1 amide bonds. The van der Waals surface area contributed by atoms with E-state index in [-0.39, 0.29) is 23.7 Å². The molecule has 0 spiro atoms. The van der Waals surface area contributed by atoms with Crippen LogP contribution in [0.3, 0.4) is 0 Å². The number of carbonyl (C=O) groups is 1. The molecule has 0 bridgehead atoms. The molecule has 0 aromatic heterocycles. The second-order valence-corrected chi connectivity index (χ2v) is 13.9. The number of sulfone groups is 1. The topological polar surface area (TPSA) is 91.0 Å². The summed E-state index contributed by atoms with van der Waals surface area (Å²) in [5.74, 6) is 0.598. The number of ether oxygens (including phenoxy) is 1. The highest BCUT2D eigenvalue weighted by Crippen LogP contribution is 2.44. The molecule has 0 saturated carbocycles. The summed E-state index contributed by atoms with van der Waals surface area (Å²) in [6.45, 7) is 4.94. The van der Waals surface area contributed by atoms with Crippen LogP contribution in [-0.2, 0) is 20.3 Å². The van der Waals surface area contributed by atoms with Crippen LogP contribution in [0.15, 0.2) is 72.8 Å². The maximum atomic E-state index is 14.8. The Balaban J connectivity index is 1.54. The predicted molar refractivity (Wildman–Crippen MR) is 167 cm³/mol. The van der Waals surface area contributed by atoms with Crippen LogP contribution in [-0.4, -0.2) is 75.5 Å². The van der Waals surface area contributed by atoms with Gasteiger partial charge in [-0.25, -0.2) is 8.42 Å². The Morgan fingerprint density at radius 1 is 0.881 bits per heavy atom. The van der Waals surface area contributed by atoms with Gasteiger partial charge in [-0.2, -0.15) is 0 Å². The number of halogens is 2. The summed E-state index contributed by atoms with van der Waals surface area (Å²) in [5, 5.41) is 8.70. The first-order valence-electron chi connectivity index (χ1n) is 14.1. The Kier molecular flexibility index (Phi) is 9.47. The molecular formula is C31H36Cl2N4O4S. The van der Waals surface area contributed by atoms with Gasteiger partial charge in [0.15, 0.2) is 5.66 Å². The highest BCUT2D eigenvalue weighted by atomic mass is 35.5. The summed E-state index contributed by atoms with van der Waals surface area (Å²) in [6.07, 6.45) is 1.25. The third-order valence-corrected chi connectivity index (χ3v) is 9.31. The monoisotopic (exact) mass is 630 g/mol. The summed E-state index contributed by atoms with van der Waals surface area (Å²) in [4.78, 5) is 18.7.